The molecule has 0 N–H and O–H groups in total. The van der Waals surface area contributed by atoms with Gasteiger partial charge in [-0.25, -0.2) is 0 Å². The lowest BCUT2D eigenvalue weighted by atomic mass is 10.1. The number of rotatable bonds is 8. The van der Waals surface area contributed by atoms with Crippen LogP contribution in [0.25, 0.3) is 11.4 Å². The SMILES string of the molecule is CCn1c(SCC(=O)c2ccc(N3CCCC3=O)cc2)nnc1-c1ccc(OC)cc1. The average Bonchev–Trinajstić information content (AvgIpc) is 3.43. The molecule has 0 bridgehead atoms. The van der Waals surface area contributed by atoms with E-state index in [1.165, 1.54) is 11.8 Å². The summed E-state index contributed by atoms with van der Waals surface area (Å²) >= 11 is 1.38. The Labute approximate surface area is 185 Å². The maximum absolute atomic E-state index is 12.7. The van der Waals surface area contributed by atoms with Crippen LogP contribution in [0.2, 0.25) is 0 Å². The summed E-state index contributed by atoms with van der Waals surface area (Å²) in [5.41, 5.74) is 2.42. The van der Waals surface area contributed by atoms with Crippen molar-refractivity contribution in [2.45, 2.75) is 31.5 Å². The summed E-state index contributed by atoms with van der Waals surface area (Å²) in [7, 11) is 1.63. The van der Waals surface area contributed by atoms with Gasteiger partial charge in [-0.05, 0) is 61.9 Å². The molecule has 1 aliphatic rings. The van der Waals surface area contributed by atoms with Crippen LogP contribution in [0.5, 0.6) is 5.75 Å². The topological polar surface area (TPSA) is 77.3 Å². The molecule has 0 unspecified atom stereocenters. The highest BCUT2D eigenvalue weighted by molar-refractivity contribution is 7.99. The van der Waals surface area contributed by atoms with Crippen molar-refractivity contribution < 1.29 is 14.3 Å². The van der Waals surface area contributed by atoms with Gasteiger partial charge in [0.1, 0.15) is 5.75 Å². The van der Waals surface area contributed by atoms with E-state index >= 15 is 0 Å². The summed E-state index contributed by atoms with van der Waals surface area (Å²) < 4.78 is 7.21. The number of anilines is 1. The molecule has 31 heavy (non-hydrogen) atoms. The number of amides is 1. The minimum absolute atomic E-state index is 0.0148. The van der Waals surface area contributed by atoms with Gasteiger partial charge >= 0.3 is 0 Å². The fourth-order valence-electron chi connectivity index (χ4n) is 3.60. The lowest BCUT2D eigenvalue weighted by Gasteiger charge is -2.15. The molecule has 1 aromatic heterocycles. The van der Waals surface area contributed by atoms with E-state index in [1.54, 1.807) is 24.1 Å². The number of nitrogens with zero attached hydrogens (tertiary/aromatic N) is 4. The van der Waals surface area contributed by atoms with Gasteiger partial charge in [0.25, 0.3) is 0 Å². The first-order chi connectivity index (χ1) is 15.1. The Balaban J connectivity index is 1.43. The van der Waals surface area contributed by atoms with Crippen LogP contribution >= 0.6 is 11.8 Å². The molecule has 1 aliphatic heterocycles. The number of Topliss-reactive ketones (excluding diaryl/α,β-unsaturated/α-hetero) is 1. The van der Waals surface area contributed by atoms with Crippen molar-refractivity contribution in [3.8, 4) is 17.1 Å². The van der Waals surface area contributed by atoms with Crippen LogP contribution in [-0.2, 0) is 11.3 Å². The highest BCUT2D eigenvalue weighted by Crippen LogP contribution is 2.27. The number of methoxy groups -OCH3 is 1. The highest BCUT2D eigenvalue weighted by atomic mass is 32.2. The van der Waals surface area contributed by atoms with Crippen LogP contribution in [0.4, 0.5) is 5.69 Å². The zero-order valence-electron chi connectivity index (χ0n) is 17.6. The Bertz CT molecular complexity index is 1080. The van der Waals surface area contributed by atoms with E-state index in [0.717, 1.165) is 35.8 Å². The number of aromatic nitrogens is 3. The summed E-state index contributed by atoms with van der Waals surface area (Å²) in [5.74, 6) is 1.97. The highest BCUT2D eigenvalue weighted by Gasteiger charge is 2.22. The van der Waals surface area contributed by atoms with E-state index in [4.69, 9.17) is 4.74 Å². The molecule has 2 heterocycles. The summed E-state index contributed by atoms with van der Waals surface area (Å²) in [4.78, 5) is 26.3. The first-order valence-electron chi connectivity index (χ1n) is 10.2. The predicted molar refractivity (Wildman–Crippen MR) is 121 cm³/mol. The van der Waals surface area contributed by atoms with Crippen LogP contribution in [0.3, 0.4) is 0 Å². The maximum atomic E-state index is 12.7. The molecule has 7 nitrogen and oxygen atoms in total. The van der Waals surface area contributed by atoms with Crippen molar-refractivity contribution in [2.24, 2.45) is 0 Å². The molecule has 3 aromatic rings. The van der Waals surface area contributed by atoms with E-state index in [2.05, 4.69) is 10.2 Å². The van der Waals surface area contributed by atoms with E-state index in [9.17, 15) is 9.59 Å². The third-order valence-electron chi connectivity index (χ3n) is 5.29. The van der Waals surface area contributed by atoms with Crippen molar-refractivity contribution >= 4 is 29.1 Å². The zero-order valence-corrected chi connectivity index (χ0v) is 18.4. The quantitative estimate of drug-likeness (QED) is 0.391. The maximum Gasteiger partial charge on any atom is 0.227 e. The second kappa shape index (κ2) is 9.34. The van der Waals surface area contributed by atoms with Gasteiger partial charge < -0.3 is 14.2 Å². The van der Waals surface area contributed by atoms with E-state index < -0.39 is 0 Å². The lowest BCUT2D eigenvalue weighted by Crippen LogP contribution is -2.23. The van der Waals surface area contributed by atoms with Crippen molar-refractivity contribution in [3.05, 3.63) is 54.1 Å². The second-order valence-electron chi connectivity index (χ2n) is 7.19. The smallest absolute Gasteiger partial charge is 0.227 e. The van der Waals surface area contributed by atoms with Gasteiger partial charge in [-0.1, -0.05) is 11.8 Å². The lowest BCUT2D eigenvalue weighted by molar-refractivity contribution is -0.117. The first kappa shape index (κ1) is 21.1. The molecule has 4 rings (SSSR count). The normalized spacial score (nSPS) is 13.6. The molecule has 0 radical (unpaired) electrons. The molecule has 8 heteroatoms. The Morgan fingerprint density at radius 2 is 1.84 bits per heavy atom. The van der Waals surface area contributed by atoms with Crippen molar-refractivity contribution in [1.29, 1.82) is 0 Å². The fourth-order valence-corrected chi connectivity index (χ4v) is 4.49. The Morgan fingerprint density at radius 1 is 1.10 bits per heavy atom. The molecule has 1 fully saturated rings. The van der Waals surface area contributed by atoms with Crippen LogP contribution < -0.4 is 9.64 Å². The fraction of sp³-hybridized carbons (Fsp3) is 0.304. The van der Waals surface area contributed by atoms with Crippen LogP contribution in [0.15, 0.2) is 53.7 Å². The minimum Gasteiger partial charge on any atom is -0.497 e. The predicted octanol–water partition coefficient (Wildman–Crippen LogP) is 4.08. The molecule has 1 saturated heterocycles. The largest absolute Gasteiger partial charge is 0.497 e. The van der Waals surface area contributed by atoms with Gasteiger partial charge in [-0.3, -0.25) is 9.59 Å². The zero-order chi connectivity index (χ0) is 21.8. The summed E-state index contributed by atoms with van der Waals surface area (Å²) in [6, 6.07) is 14.9. The van der Waals surface area contributed by atoms with Crippen LogP contribution in [0.1, 0.15) is 30.1 Å². The molecule has 160 valence electrons. The molecule has 1 amide bonds. The van der Waals surface area contributed by atoms with E-state index in [1.807, 2.05) is 47.9 Å². The summed E-state index contributed by atoms with van der Waals surface area (Å²) in [5, 5.41) is 9.33. The molecular formula is C23H24N4O3S. The van der Waals surface area contributed by atoms with Gasteiger partial charge in [-0.15, -0.1) is 10.2 Å². The summed E-state index contributed by atoms with van der Waals surface area (Å²) in [6.07, 6.45) is 1.47. The molecule has 2 aromatic carbocycles. The number of hydrogen-bond acceptors (Lipinski definition) is 6. The van der Waals surface area contributed by atoms with Crippen molar-refractivity contribution in [3.63, 3.8) is 0 Å². The van der Waals surface area contributed by atoms with Crippen LogP contribution in [-0.4, -0.2) is 45.9 Å². The first-order valence-corrected chi connectivity index (χ1v) is 11.2. The number of carbonyl (C=O) groups is 2. The second-order valence-corrected chi connectivity index (χ2v) is 8.13. The minimum atomic E-state index is 0.0148. The molecule has 0 saturated carbocycles. The number of ketones is 1. The van der Waals surface area contributed by atoms with Gasteiger partial charge in [-0.2, -0.15) is 0 Å². The number of benzene rings is 2. The molecule has 0 aliphatic carbocycles. The van der Waals surface area contributed by atoms with Gasteiger partial charge in [0.15, 0.2) is 16.8 Å². The van der Waals surface area contributed by atoms with Gasteiger partial charge in [0.05, 0.1) is 12.9 Å². The standard InChI is InChI=1S/C23H24N4O3S/c1-3-26-22(17-8-12-19(30-2)13-9-17)24-25-23(26)31-15-20(28)16-6-10-18(11-7-16)27-14-4-5-21(27)29/h6-13H,3-5,14-15H2,1-2H3. The Morgan fingerprint density at radius 3 is 2.45 bits per heavy atom. The molecule has 0 atom stereocenters. The number of carbonyl (C=O) groups excluding carboxylic acids is 2. The van der Waals surface area contributed by atoms with E-state index in [0.29, 0.717) is 23.7 Å². The van der Waals surface area contributed by atoms with Crippen LogP contribution in [0, 0.1) is 0 Å². The van der Waals surface area contributed by atoms with E-state index in [-0.39, 0.29) is 17.4 Å². The molecule has 0 spiro atoms. The summed E-state index contributed by atoms with van der Waals surface area (Å²) in [6.45, 7) is 3.47. The molecular weight excluding hydrogens is 412 g/mol. The monoisotopic (exact) mass is 436 g/mol. The van der Waals surface area contributed by atoms with Gasteiger partial charge in [0, 0.05) is 36.3 Å². The van der Waals surface area contributed by atoms with Crippen molar-refractivity contribution in [1.82, 2.24) is 14.8 Å². The number of hydrogen-bond donors (Lipinski definition) is 0. The van der Waals surface area contributed by atoms with Gasteiger partial charge in [0.2, 0.25) is 5.91 Å². The van der Waals surface area contributed by atoms with Crippen molar-refractivity contribution in [2.75, 3.05) is 24.3 Å². The average molecular weight is 437 g/mol. The number of thioether (sulfide) groups is 1. The Kier molecular flexibility index (Phi) is 6.36. The number of ether oxygens (including phenoxy) is 1. The third kappa shape index (κ3) is 4.49. The Hall–Kier alpha value is -3.13. The third-order valence-corrected chi connectivity index (χ3v) is 6.25.